The van der Waals surface area contributed by atoms with Crippen molar-refractivity contribution in [1.82, 2.24) is 9.97 Å². The van der Waals surface area contributed by atoms with Gasteiger partial charge in [0, 0.05) is 36.1 Å². The van der Waals surface area contributed by atoms with Crippen molar-refractivity contribution in [3.05, 3.63) is 65.4 Å². The number of ether oxygens (including phenoxy) is 1. The van der Waals surface area contributed by atoms with Crippen LogP contribution in [0.4, 0.5) is 5.69 Å². The van der Waals surface area contributed by atoms with Gasteiger partial charge in [0.25, 0.3) is 0 Å². The molecule has 1 aromatic heterocycles. The van der Waals surface area contributed by atoms with Gasteiger partial charge in [-0.15, -0.1) is 0 Å². The Morgan fingerprint density at radius 1 is 1.19 bits per heavy atom. The molecule has 0 saturated heterocycles. The minimum atomic E-state index is -0.661. The number of ketones is 1. The van der Waals surface area contributed by atoms with Crippen LogP contribution in [0, 0.1) is 6.92 Å². The van der Waals surface area contributed by atoms with E-state index in [4.69, 9.17) is 4.74 Å². The second-order valence-corrected chi connectivity index (χ2v) is 6.82. The maximum Gasteiger partial charge on any atom is 0.358 e. The Balaban J connectivity index is 1.71. The van der Waals surface area contributed by atoms with Gasteiger partial charge in [-0.25, -0.2) is 9.78 Å². The molecule has 1 aliphatic rings. The molecule has 0 aliphatic carbocycles. The molecule has 2 aromatic rings. The first kappa shape index (κ1) is 17.8. The molecule has 0 saturated carbocycles. The lowest BCUT2D eigenvalue weighted by Crippen LogP contribution is -2.25. The minimum Gasteiger partial charge on any atom is -0.453 e. The number of nitrogens with zero attached hydrogens (tertiary/aromatic N) is 3. The Labute approximate surface area is 152 Å². The molecule has 0 atom stereocenters. The summed E-state index contributed by atoms with van der Waals surface area (Å²) in [5.74, 6) is -0.937. The quantitative estimate of drug-likeness (QED) is 0.623. The number of allylic oxidation sites excluding steroid dienone is 1. The lowest BCUT2D eigenvalue weighted by atomic mass is 9.83. The third kappa shape index (κ3) is 3.22. The van der Waals surface area contributed by atoms with E-state index < -0.39 is 5.97 Å². The highest BCUT2D eigenvalue weighted by Crippen LogP contribution is 2.46. The number of hydrogen-bond acceptors (Lipinski definition) is 6. The Morgan fingerprint density at radius 2 is 1.92 bits per heavy atom. The van der Waals surface area contributed by atoms with Crippen LogP contribution in [-0.2, 0) is 14.9 Å². The van der Waals surface area contributed by atoms with Crippen LogP contribution in [0.5, 0.6) is 0 Å². The van der Waals surface area contributed by atoms with Crippen molar-refractivity contribution in [3.8, 4) is 0 Å². The number of rotatable bonds is 4. The highest BCUT2D eigenvalue weighted by atomic mass is 16.5. The summed E-state index contributed by atoms with van der Waals surface area (Å²) in [6.45, 7) is 5.58. The Hall–Kier alpha value is -3.02. The molecule has 0 bridgehead atoms. The predicted molar refractivity (Wildman–Crippen MR) is 98.0 cm³/mol. The molecule has 26 heavy (non-hydrogen) atoms. The average Bonchev–Trinajstić information content (AvgIpc) is 2.81. The van der Waals surface area contributed by atoms with E-state index in [-0.39, 0.29) is 23.5 Å². The summed E-state index contributed by atoms with van der Waals surface area (Å²) < 4.78 is 5.07. The van der Waals surface area contributed by atoms with Crippen LogP contribution in [0.15, 0.2) is 48.4 Å². The van der Waals surface area contributed by atoms with Gasteiger partial charge in [-0.2, -0.15) is 0 Å². The van der Waals surface area contributed by atoms with E-state index in [9.17, 15) is 9.59 Å². The molecule has 0 radical (unpaired) electrons. The fraction of sp³-hybridized carbons (Fsp3) is 0.300. The third-order valence-electron chi connectivity index (χ3n) is 4.57. The van der Waals surface area contributed by atoms with Crippen LogP contribution in [0.1, 0.15) is 35.6 Å². The number of esters is 1. The number of anilines is 1. The van der Waals surface area contributed by atoms with Crippen molar-refractivity contribution >= 4 is 17.4 Å². The van der Waals surface area contributed by atoms with Crippen LogP contribution in [0.25, 0.3) is 0 Å². The molecule has 0 N–H and O–H groups in total. The minimum absolute atomic E-state index is 0.0850. The van der Waals surface area contributed by atoms with Crippen LogP contribution in [-0.4, -0.2) is 35.4 Å². The van der Waals surface area contributed by atoms with E-state index in [0.29, 0.717) is 5.69 Å². The molecule has 1 aromatic carbocycles. The molecule has 6 nitrogen and oxygen atoms in total. The zero-order valence-electron chi connectivity index (χ0n) is 15.3. The zero-order valence-corrected chi connectivity index (χ0v) is 15.3. The number of aromatic nitrogens is 2. The first-order chi connectivity index (χ1) is 12.3. The van der Waals surface area contributed by atoms with Gasteiger partial charge in [0.1, 0.15) is 0 Å². The summed E-state index contributed by atoms with van der Waals surface area (Å²) in [5, 5.41) is 0. The van der Waals surface area contributed by atoms with Crippen LogP contribution in [0.3, 0.4) is 0 Å². The van der Waals surface area contributed by atoms with E-state index >= 15 is 0 Å². The van der Waals surface area contributed by atoms with Gasteiger partial charge in [-0.05, 0) is 18.6 Å². The number of carbonyl (C=O) groups excluding carboxylic acids is 2. The lowest BCUT2D eigenvalue weighted by molar-refractivity contribution is -0.117. The summed E-state index contributed by atoms with van der Waals surface area (Å²) in [7, 11) is 1.93. The molecular weight excluding hydrogens is 330 g/mol. The van der Waals surface area contributed by atoms with E-state index in [1.165, 1.54) is 12.4 Å². The smallest absolute Gasteiger partial charge is 0.358 e. The molecule has 0 amide bonds. The summed E-state index contributed by atoms with van der Waals surface area (Å²) in [6, 6.07) is 8.05. The number of fused-ring (bicyclic) bond motifs is 1. The SMILES string of the molecule is Cc1cnc(C(=O)OCC(=O)/C=C2\N(C)c3ccccc3C2(C)C)cn1. The fourth-order valence-electron chi connectivity index (χ4n) is 3.16. The molecule has 134 valence electrons. The first-order valence-corrected chi connectivity index (χ1v) is 8.34. The summed E-state index contributed by atoms with van der Waals surface area (Å²) in [6.07, 6.45) is 4.37. The third-order valence-corrected chi connectivity index (χ3v) is 4.57. The van der Waals surface area contributed by atoms with Crippen molar-refractivity contribution in [2.75, 3.05) is 18.6 Å². The maximum absolute atomic E-state index is 12.4. The number of hydrogen-bond donors (Lipinski definition) is 0. The van der Waals surface area contributed by atoms with Crippen molar-refractivity contribution in [2.45, 2.75) is 26.2 Å². The van der Waals surface area contributed by atoms with Crippen LogP contribution < -0.4 is 4.90 Å². The molecule has 3 rings (SSSR count). The number of likely N-dealkylation sites (N-methyl/N-ethyl adjacent to an activating group) is 1. The van der Waals surface area contributed by atoms with Gasteiger partial charge in [-0.3, -0.25) is 9.78 Å². The van der Waals surface area contributed by atoms with Crippen molar-refractivity contribution in [2.24, 2.45) is 0 Å². The van der Waals surface area contributed by atoms with E-state index in [1.54, 1.807) is 13.0 Å². The van der Waals surface area contributed by atoms with Gasteiger partial charge in [-0.1, -0.05) is 32.0 Å². The normalized spacial score (nSPS) is 16.5. The molecule has 0 unspecified atom stereocenters. The first-order valence-electron chi connectivity index (χ1n) is 8.34. The number of benzene rings is 1. The van der Waals surface area contributed by atoms with Crippen molar-refractivity contribution < 1.29 is 14.3 Å². The number of carbonyl (C=O) groups is 2. The molecule has 0 fully saturated rings. The molecule has 1 aliphatic heterocycles. The topological polar surface area (TPSA) is 72.4 Å². The monoisotopic (exact) mass is 351 g/mol. The summed E-state index contributed by atoms with van der Waals surface area (Å²) in [4.78, 5) is 34.3. The zero-order chi connectivity index (χ0) is 18.9. The molecular formula is C20H21N3O3. The molecule has 2 heterocycles. The van der Waals surface area contributed by atoms with Gasteiger partial charge in [0.15, 0.2) is 18.1 Å². The maximum atomic E-state index is 12.4. The number of aryl methyl sites for hydroxylation is 1. The summed E-state index contributed by atoms with van der Waals surface area (Å²) in [5.41, 5.74) is 3.59. The van der Waals surface area contributed by atoms with Crippen molar-refractivity contribution in [3.63, 3.8) is 0 Å². The van der Waals surface area contributed by atoms with Crippen LogP contribution >= 0.6 is 0 Å². The molecule has 6 heteroatoms. The predicted octanol–water partition coefficient (Wildman–Crippen LogP) is 2.82. The lowest BCUT2D eigenvalue weighted by Gasteiger charge is -2.23. The van der Waals surface area contributed by atoms with Gasteiger partial charge >= 0.3 is 5.97 Å². The second-order valence-electron chi connectivity index (χ2n) is 6.82. The molecule has 0 spiro atoms. The van der Waals surface area contributed by atoms with Gasteiger partial charge in [0.05, 0.1) is 11.9 Å². The second kappa shape index (κ2) is 6.71. The largest absolute Gasteiger partial charge is 0.453 e. The van der Waals surface area contributed by atoms with Gasteiger partial charge in [0.2, 0.25) is 0 Å². The number of para-hydroxylation sites is 1. The Bertz CT molecular complexity index is 885. The van der Waals surface area contributed by atoms with Gasteiger partial charge < -0.3 is 9.64 Å². The highest BCUT2D eigenvalue weighted by Gasteiger charge is 2.38. The Kier molecular flexibility index (Phi) is 4.59. The van der Waals surface area contributed by atoms with E-state index in [2.05, 4.69) is 29.9 Å². The summed E-state index contributed by atoms with van der Waals surface area (Å²) >= 11 is 0. The van der Waals surface area contributed by atoms with Crippen molar-refractivity contribution in [1.29, 1.82) is 0 Å². The van der Waals surface area contributed by atoms with E-state index in [0.717, 1.165) is 16.9 Å². The van der Waals surface area contributed by atoms with E-state index in [1.807, 2.05) is 30.1 Å². The van der Waals surface area contributed by atoms with Crippen LogP contribution in [0.2, 0.25) is 0 Å². The Morgan fingerprint density at radius 3 is 2.58 bits per heavy atom. The fourth-order valence-corrected chi connectivity index (χ4v) is 3.16. The standard InChI is InChI=1S/C20H21N3O3/c1-13-10-22-16(11-21-13)19(25)26-12-14(24)9-18-20(2,3)15-7-5-6-8-17(15)23(18)4/h5-11H,12H2,1-4H3/b18-9-. The average molecular weight is 351 g/mol. The highest BCUT2D eigenvalue weighted by molar-refractivity contribution is 5.96.